The highest BCUT2D eigenvalue weighted by Crippen LogP contribution is 2.36. The molecule has 0 aliphatic rings. The summed E-state index contributed by atoms with van der Waals surface area (Å²) in [6, 6.07) is 6.45. The molecule has 5 nitrogen and oxygen atoms in total. The number of nitrogens with zero attached hydrogens (tertiary/aromatic N) is 2. The van der Waals surface area contributed by atoms with Gasteiger partial charge in [-0.15, -0.1) is 0 Å². The van der Waals surface area contributed by atoms with Gasteiger partial charge in [-0.2, -0.15) is 13.2 Å². The maximum Gasteiger partial charge on any atom is 0.417 e. The Kier molecular flexibility index (Phi) is 6.44. The van der Waals surface area contributed by atoms with Crippen molar-refractivity contribution in [3.8, 4) is 0 Å². The van der Waals surface area contributed by atoms with Crippen molar-refractivity contribution in [3.05, 3.63) is 52.7 Å². The molecule has 2 rings (SSSR count). The van der Waals surface area contributed by atoms with Crippen LogP contribution in [0.3, 0.4) is 0 Å². The largest absolute Gasteiger partial charge is 0.417 e. The fourth-order valence-corrected chi connectivity index (χ4v) is 2.33. The lowest BCUT2D eigenvalue weighted by atomic mass is 10.2. The monoisotopic (exact) mass is 386 g/mol. The molecule has 0 radical (unpaired) electrons. The normalized spacial score (nSPS) is 11.5. The predicted molar refractivity (Wildman–Crippen MR) is 94.9 cm³/mol. The highest BCUT2D eigenvalue weighted by Gasteiger charge is 2.33. The first kappa shape index (κ1) is 20.0. The summed E-state index contributed by atoms with van der Waals surface area (Å²) in [6.07, 6.45) is -3.15. The molecule has 26 heavy (non-hydrogen) atoms. The van der Waals surface area contributed by atoms with Crippen LogP contribution in [0.25, 0.3) is 0 Å². The van der Waals surface area contributed by atoms with E-state index in [0.717, 1.165) is 12.1 Å². The zero-order valence-electron chi connectivity index (χ0n) is 14.2. The van der Waals surface area contributed by atoms with Gasteiger partial charge in [0.1, 0.15) is 5.82 Å². The Bertz CT molecular complexity index is 781. The smallest absolute Gasteiger partial charge is 0.351 e. The van der Waals surface area contributed by atoms with Gasteiger partial charge in [0, 0.05) is 30.5 Å². The SMILES string of the molecule is CN(C)CCNC(=O)c1ccnc(Nc2ccc(Cl)c(C(F)(F)F)c2)c1. The van der Waals surface area contributed by atoms with Crippen LogP contribution in [0.4, 0.5) is 24.7 Å². The van der Waals surface area contributed by atoms with Crippen molar-refractivity contribution >= 4 is 29.0 Å². The Balaban J connectivity index is 2.12. The second-order valence-corrected chi connectivity index (χ2v) is 6.21. The van der Waals surface area contributed by atoms with Gasteiger partial charge in [0.2, 0.25) is 0 Å². The highest BCUT2D eigenvalue weighted by atomic mass is 35.5. The summed E-state index contributed by atoms with van der Waals surface area (Å²) in [5.41, 5.74) is -0.424. The molecule has 0 saturated heterocycles. The van der Waals surface area contributed by atoms with Gasteiger partial charge < -0.3 is 15.5 Å². The van der Waals surface area contributed by atoms with Gasteiger partial charge in [0.15, 0.2) is 0 Å². The van der Waals surface area contributed by atoms with E-state index < -0.39 is 11.7 Å². The topological polar surface area (TPSA) is 57.3 Å². The molecule has 0 fully saturated rings. The first-order valence-electron chi connectivity index (χ1n) is 7.69. The van der Waals surface area contributed by atoms with Crippen LogP contribution in [0, 0.1) is 0 Å². The number of likely N-dealkylation sites (N-methyl/N-ethyl adjacent to an activating group) is 1. The molecule has 0 aliphatic carbocycles. The van der Waals surface area contributed by atoms with Gasteiger partial charge in [-0.3, -0.25) is 4.79 Å². The molecule has 0 aliphatic heterocycles. The van der Waals surface area contributed by atoms with Gasteiger partial charge in [0.05, 0.1) is 10.6 Å². The number of alkyl halides is 3. The van der Waals surface area contributed by atoms with Crippen LogP contribution in [0.1, 0.15) is 15.9 Å². The number of anilines is 2. The predicted octanol–water partition coefficient (Wildman–Crippen LogP) is 3.79. The number of carbonyl (C=O) groups excluding carboxylic acids is 1. The van der Waals surface area contributed by atoms with Crippen LogP contribution in [0.5, 0.6) is 0 Å². The maximum absolute atomic E-state index is 12.9. The summed E-state index contributed by atoms with van der Waals surface area (Å²) in [5, 5.41) is 5.13. The second kappa shape index (κ2) is 8.37. The molecule has 0 spiro atoms. The molecular weight excluding hydrogens is 369 g/mol. The van der Waals surface area contributed by atoms with E-state index in [2.05, 4.69) is 15.6 Å². The van der Waals surface area contributed by atoms with Gasteiger partial charge in [-0.25, -0.2) is 4.98 Å². The Morgan fingerprint density at radius 1 is 1.23 bits per heavy atom. The standard InChI is InChI=1S/C17H18ClF3N4O/c1-25(2)8-7-23-16(26)11-5-6-22-15(9-11)24-12-3-4-14(18)13(10-12)17(19,20)21/h3-6,9-10H,7-8H2,1-2H3,(H,22,24)(H,23,26). The third-order valence-corrected chi connectivity index (χ3v) is 3.74. The fourth-order valence-electron chi connectivity index (χ4n) is 2.10. The van der Waals surface area contributed by atoms with E-state index in [1.54, 1.807) is 0 Å². The zero-order chi connectivity index (χ0) is 19.3. The molecule has 0 unspecified atom stereocenters. The van der Waals surface area contributed by atoms with E-state index in [-0.39, 0.29) is 22.4 Å². The maximum atomic E-state index is 12.9. The van der Waals surface area contributed by atoms with Crippen molar-refractivity contribution in [1.29, 1.82) is 0 Å². The Morgan fingerprint density at radius 3 is 2.62 bits per heavy atom. The average Bonchev–Trinajstić information content (AvgIpc) is 2.55. The molecule has 1 amide bonds. The summed E-state index contributed by atoms with van der Waals surface area (Å²) < 4.78 is 38.8. The summed E-state index contributed by atoms with van der Waals surface area (Å²) in [6.45, 7) is 1.16. The number of rotatable bonds is 6. The van der Waals surface area contributed by atoms with Crippen molar-refractivity contribution in [1.82, 2.24) is 15.2 Å². The van der Waals surface area contributed by atoms with E-state index in [1.165, 1.54) is 24.4 Å². The first-order valence-corrected chi connectivity index (χ1v) is 8.07. The van der Waals surface area contributed by atoms with E-state index in [4.69, 9.17) is 11.6 Å². The molecule has 0 bridgehead atoms. The Hall–Kier alpha value is -2.32. The molecule has 1 aromatic carbocycles. The number of carbonyl (C=O) groups is 1. The lowest BCUT2D eigenvalue weighted by Crippen LogP contribution is -2.31. The van der Waals surface area contributed by atoms with Gasteiger partial charge in [0.25, 0.3) is 5.91 Å². The molecular formula is C17H18ClF3N4O. The number of hydrogen-bond donors (Lipinski definition) is 2. The van der Waals surface area contributed by atoms with Gasteiger partial charge in [-0.05, 0) is 44.4 Å². The van der Waals surface area contributed by atoms with Crippen LogP contribution in [0.15, 0.2) is 36.5 Å². The molecule has 2 aromatic rings. The lowest BCUT2D eigenvalue weighted by molar-refractivity contribution is -0.137. The number of aromatic nitrogens is 1. The lowest BCUT2D eigenvalue weighted by Gasteiger charge is -2.13. The number of halogens is 4. The summed E-state index contributed by atoms with van der Waals surface area (Å²) in [5.74, 6) is -0.0370. The van der Waals surface area contributed by atoms with Crippen LogP contribution < -0.4 is 10.6 Å². The van der Waals surface area contributed by atoms with Gasteiger partial charge >= 0.3 is 6.18 Å². The van der Waals surface area contributed by atoms with Crippen molar-refractivity contribution in [3.63, 3.8) is 0 Å². The molecule has 2 N–H and O–H groups in total. The second-order valence-electron chi connectivity index (χ2n) is 5.81. The molecule has 0 saturated carbocycles. The number of pyridine rings is 1. The van der Waals surface area contributed by atoms with Crippen molar-refractivity contribution in [2.45, 2.75) is 6.18 Å². The Morgan fingerprint density at radius 2 is 1.96 bits per heavy atom. The van der Waals surface area contributed by atoms with Crippen molar-refractivity contribution in [2.24, 2.45) is 0 Å². The average molecular weight is 387 g/mol. The zero-order valence-corrected chi connectivity index (χ0v) is 14.9. The van der Waals surface area contributed by atoms with E-state index in [0.29, 0.717) is 18.7 Å². The number of benzene rings is 1. The van der Waals surface area contributed by atoms with Crippen LogP contribution in [-0.2, 0) is 6.18 Å². The van der Waals surface area contributed by atoms with E-state index in [9.17, 15) is 18.0 Å². The van der Waals surface area contributed by atoms with E-state index in [1.807, 2.05) is 19.0 Å². The van der Waals surface area contributed by atoms with E-state index >= 15 is 0 Å². The van der Waals surface area contributed by atoms with Crippen LogP contribution >= 0.6 is 11.6 Å². The van der Waals surface area contributed by atoms with Crippen LogP contribution in [0.2, 0.25) is 5.02 Å². The minimum Gasteiger partial charge on any atom is -0.351 e. The van der Waals surface area contributed by atoms with Crippen molar-refractivity contribution in [2.75, 3.05) is 32.5 Å². The highest BCUT2D eigenvalue weighted by molar-refractivity contribution is 6.31. The summed E-state index contributed by atoms with van der Waals surface area (Å²) in [4.78, 5) is 18.1. The quantitative estimate of drug-likeness (QED) is 0.793. The Labute approximate surface area is 154 Å². The minimum absolute atomic E-state index is 0.166. The summed E-state index contributed by atoms with van der Waals surface area (Å²) >= 11 is 5.60. The number of nitrogens with one attached hydrogen (secondary N) is 2. The molecule has 9 heteroatoms. The molecule has 140 valence electrons. The third-order valence-electron chi connectivity index (χ3n) is 3.41. The molecule has 1 heterocycles. The third kappa shape index (κ3) is 5.60. The van der Waals surface area contributed by atoms with Crippen molar-refractivity contribution < 1.29 is 18.0 Å². The number of hydrogen-bond acceptors (Lipinski definition) is 4. The fraction of sp³-hybridized carbons (Fsp3) is 0.294. The van der Waals surface area contributed by atoms with Gasteiger partial charge in [-0.1, -0.05) is 11.6 Å². The molecule has 0 atom stereocenters. The number of amides is 1. The molecule has 1 aromatic heterocycles. The summed E-state index contributed by atoms with van der Waals surface area (Å²) in [7, 11) is 3.78. The first-order chi connectivity index (χ1) is 12.2. The van der Waals surface area contributed by atoms with Crippen LogP contribution in [-0.4, -0.2) is 43.0 Å². The minimum atomic E-state index is -4.56.